The Labute approximate surface area is 174 Å². The van der Waals surface area contributed by atoms with Crippen molar-refractivity contribution in [3.63, 3.8) is 0 Å². The fourth-order valence-electron chi connectivity index (χ4n) is 4.32. The van der Waals surface area contributed by atoms with Crippen molar-refractivity contribution < 1.29 is 14.0 Å². The van der Waals surface area contributed by atoms with Crippen LogP contribution in [-0.4, -0.2) is 57.0 Å². The zero-order valence-corrected chi connectivity index (χ0v) is 17.4. The minimum Gasteiger partial charge on any atom is -0.370 e. The molecule has 4 aromatic rings. The predicted molar refractivity (Wildman–Crippen MR) is 112 cm³/mol. The molecule has 7 nitrogen and oxygen atoms in total. The number of nitrogens with one attached hydrogen (secondary N) is 1. The Kier molecular flexibility index (Phi) is 4.96. The van der Waals surface area contributed by atoms with Crippen molar-refractivity contribution in [2.45, 2.75) is 26.8 Å². The molecule has 0 spiro atoms. The lowest BCUT2D eigenvalue weighted by atomic mass is 10.2. The van der Waals surface area contributed by atoms with E-state index in [1.165, 1.54) is 23.4 Å². The van der Waals surface area contributed by atoms with E-state index in [4.69, 9.17) is 14.7 Å². The van der Waals surface area contributed by atoms with Gasteiger partial charge in [0.15, 0.2) is 11.5 Å². The van der Waals surface area contributed by atoms with Gasteiger partial charge in [0.25, 0.3) is 0 Å². The van der Waals surface area contributed by atoms with Gasteiger partial charge in [-0.15, -0.1) is 5.10 Å². The molecule has 30 heavy (non-hydrogen) atoms. The molecular formula is C22H26FN6O+. The second kappa shape index (κ2) is 7.77. The first kappa shape index (κ1) is 19.1. The van der Waals surface area contributed by atoms with Crippen LogP contribution >= 0.6 is 0 Å². The summed E-state index contributed by atoms with van der Waals surface area (Å²) in [5.74, 6) is 0.305. The van der Waals surface area contributed by atoms with Gasteiger partial charge >= 0.3 is 0 Å². The Bertz CT molecular complexity index is 1190. The number of rotatable bonds is 5. The van der Waals surface area contributed by atoms with E-state index in [2.05, 4.69) is 23.5 Å². The molecule has 8 heteroatoms. The van der Waals surface area contributed by atoms with Crippen LogP contribution in [0, 0.1) is 19.7 Å². The molecular weight excluding hydrogens is 383 g/mol. The first-order chi connectivity index (χ1) is 14.6. The predicted octanol–water partition coefficient (Wildman–Crippen LogP) is 1.81. The van der Waals surface area contributed by atoms with Gasteiger partial charge in [0.2, 0.25) is 0 Å². The number of aromatic nitrogens is 5. The molecule has 0 atom stereocenters. The van der Waals surface area contributed by atoms with Crippen molar-refractivity contribution in [3.05, 3.63) is 47.7 Å². The first-order valence-corrected chi connectivity index (χ1v) is 10.5. The number of benzene rings is 1. The summed E-state index contributed by atoms with van der Waals surface area (Å²) in [6, 6.07) is 6.26. The molecule has 0 amide bonds. The van der Waals surface area contributed by atoms with Crippen LogP contribution in [0.3, 0.4) is 0 Å². The number of hydrogen-bond donors (Lipinski definition) is 1. The molecule has 156 valence electrons. The quantitative estimate of drug-likeness (QED) is 0.546. The van der Waals surface area contributed by atoms with Crippen molar-refractivity contribution >= 4 is 16.7 Å². The van der Waals surface area contributed by atoms with Gasteiger partial charge in [0.1, 0.15) is 30.9 Å². The summed E-state index contributed by atoms with van der Waals surface area (Å²) in [5, 5.41) is 5.60. The molecule has 0 aliphatic carbocycles. The van der Waals surface area contributed by atoms with Crippen LogP contribution in [0.1, 0.15) is 17.7 Å². The molecule has 0 saturated carbocycles. The lowest BCUT2D eigenvalue weighted by Gasteiger charge is -2.23. The summed E-state index contributed by atoms with van der Waals surface area (Å²) < 4.78 is 22.7. The molecule has 0 radical (unpaired) electrons. The van der Waals surface area contributed by atoms with Crippen LogP contribution in [0.2, 0.25) is 0 Å². The number of nitrogens with zero attached hydrogens (tertiary/aromatic N) is 5. The molecule has 1 saturated heterocycles. The van der Waals surface area contributed by atoms with E-state index in [1.54, 1.807) is 27.9 Å². The van der Waals surface area contributed by atoms with Crippen LogP contribution in [0.4, 0.5) is 4.39 Å². The fourth-order valence-corrected chi connectivity index (χ4v) is 4.32. The standard InChI is InChI=1S/C22H25FN6O/c1-15-16(2)28(9-3-8-27-10-12-30-13-11-27)21-19(15)22-25-20(26-29(22)14-24-21)17-4-6-18(23)7-5-17/h4-7,14H,3,8-13H2,1-2H3/p+1. The number of halogens is 1. The van der Waals surface area contributed by atoms with Gasteiger partial charge in [-0.3, -0.25) is 0 Å². The topological polar surface area (TPSA) is 61.7 Å². The third-order valence-electron chi connectivity index (χ3n) is 6.16. The maximum Gasteiger partial charge on any atom is 0.182 e. The van der Waals surface area contributed by atoms with Crippen LogP contribution < -0.4 is 4.90 Å². The normalized spacial score (nSPS) is 15.4. The SMILES string of the molecule is Cc1c(C)n(CCC[NH+]2CCOCC2)c2ncn3nc(-c4ccc(F)cc4)nc3c12. The highest BCUT2D eigenvalue weighted by Gasteiger charge is 2.19. The summed E-state index contributed by atoms with van der Waals surface area (Å²) in [4.78, 5) is 11.1. The Hall–Kier alpha value is -2.84. The lowest BCUT2D eigenvalue weighted by molar-refractivity contribution is -0.908. The van der Waals surface area contributed by atoms with Gasteiger partial charge in [-0.05, 0) is 43.7 Å². The van der Waals surface area contributed by atoms with Gasteiger partial charge < -0.3 is 14.2 Å². The number of ether oxygens (including phenoxy) is 1. The molecule has 1 fully saturated rings. The minimum absolute atomic E-state index is 0.269. The largest absolute Gasteiger partial charge is 0.370 e. The van der Waals surface area contributed by atoms with Crippen LogP contribution in [0.5, 0.6) is 0 Å². The number of fused-ring (bicyclic) bond motifs is 3. The monoisotopic (exact) mass is 409 g/mol. The van der Waals surface area contributed by atoms with E-state index < -0.39 is 0 Å². The number of morpholine rings is 1. The lowest BCUT2D eigenvalue weighted by Crippen LogP contribution is -3.14. The molecule has 0 bridgehead atoms. The second-order valence-corrected chi connectivity index (χ2v) is 7.98. The fraction of sp³-hybridized carbons (Fsp3) is 0.409. The van der Waals surface area contributed by atoms with Gasteiger partial charge in [0, 0.05) is 24.2 Å². The van der Waals surface area contributed by atoms with E-state index >= 15 is 0 Å². The van der Waals surface area contributed by atoms with E-state index in [0.717, 1.165) is 68.1 Å². The zero-order valence-electron chi connectivity index (χ0n) is 17.4. The summed E-state index contributed by atoms with van der Waals surface area (Å²) in [5.41, 5.74) is 4.93. The van der Waals surface area contributed by atoms with Crippen LogP contribution in [0.25, 0.3) is 28.1 Å². The molecule has 1 aliphatic rings. The van der Waals surface area contributed by atoms with Gasteiger partial charge in [-0.2, -0.15) is 0 Å². The molecule has 4 heterocycles. The second-order valence-electron chi connectivity index (χ2n) is 7.98. The van der Waals surface area contributed by atoms with Crippen LogP contribution in [-0.2, 0) is 11.3 Å². The Morgan fingerprint density at radius 2 is 1.87 bits per heavy atom. The number of aryl methyl sites for hydroxylation is 2. The van der Waals surface area contributed by atoms with Crippen molar-refractivity contribution in [2.24, 2.45) is 0 Å². The van der Waals surface area contributed by atoms with E-state index in [9.17, 15) is 4.39 Å². The molecule has 1 N–H and O–H groups in total. The van der Waals surface area contributed by atoms with E-state index in [1.807, 2.05) is 0 Å². The number of quaternary nitrogens is 1. The highest BCUT2D eigenvalue weighted by atomic mass is 19.1. The van der Waals surface area contributed by atoms with Gasteiger partial charge in [-0.1, -0.05) is 0 Å². The summed E-state index contributed by atoms with van der Waals surface area (Å²) in [6.07, 6.45) is 2.82. The molecule has 5 rings (SSSR count). The Morgan fingerprint density at radius 3 is 2.63 bits per heavy atom. The first-order valence-electron chi connectivity index (χ1n) is 10.5. The van der Waals surface area contributed by atoms with E-state index in [-0.39, 0.29) is 5.82 Å². The van der Waals surface area contributed by atoms with Crippen molar-refractivity contribution in [1.82, 2.24) is 24.1 Å². The highest BCUT2D eigenvalue weighted by Crippen LogP contribution is 2.28. The van der Waals surface area contributed by atoms with Crippen molar-refractivity contribution in [3.8, 4) is 11.4 Å². The minimum atomic E-state index is -0.269. The molecule has 0 unspecified atom stereocenters. The average molecular weight is 409 g/mol. The van der Waals surface area contributed by atoms with Gasteiger partial charge in [-0.25, -0.2) is 18.9 Å². The number of hydrogen-bond acceptors (Lipinski definition) is 4. The van der Waals surface area contributed by atoms with Gasteiger partial charge in [0.05, 0.1) is 25.1 Å². The highest BCUT2D eigenvalue weighted by molar-refractivity contribution is 5.94. The summed E-state index contributed by atoms with van der Waals surface area (Å²) in [7, 11) is 0. The Balaban J connectivity index is 1.48. The smallest absolute Gasteiger partial charge is 0.182 e. The maximum absolute atomic E-state index is 13.3. The Morgan fingerprint density at radius 1 is 1.10 bits per heavy atom. The molecule has 3 aromatic heterocycles. The zero-order chi connectivity index (χ0) is 20.7. The summed E-state index contributed by atoms with van der Waals surface area (Å²) >= 11 is 0. The van der Waals surface area contributed by atoms with Crippen molar-refractivity contribution in [2.75, 3.05) is 32.8 Å². The third kappa shape index (κ3) is 3.36. The van der Waals surface area contributed by atoms with Crippen molar-refractivity contribution in [1.29, 1.82) is 0 Å². The summed E-state index contributed by atoms with van der Waals surface area (Å²) in [6.45, 7) is 10.3. The molecule has 1 aromatic carbocycles. The average Bonchev–Trinajstić information content (AvgIpc) is 3.30. The van der Waals surface area contributed by atoms with E-state index in [0.29, 0.717) is 5.82 Å². The maximum atomic E-state index is 13.3. The third-order valence-corrected chi connectivity index (χ3v) is 6.16. The molecule has 1 aliphatic heterocycles. The van der Waals surface area contributed by atoms with Crippen LogP contribution in [0.15, 0.2) is 30.6 Å².